The van der Waals surface area contributed by atoms with Gasteiger partial charge in [0.2, 0.25) is 0 Å². The molecular weight excluding hydrogens is 276 g/mol. The van der Waals surface area contributed by atoms with E-state index in [1.165, 1.54) is 0 Å². The van der Waals surface area contributed by atoms with Gasteiger partial charge in [-0.25, -0.2) is 4.68 Å². The van der Waals surface area contributed by atoms with Crippen molar-refractivity contribution in [3.63, 3.8) is 0 Å². The van der Waals surface area contributed by atoms with E-state index in [0.29, 0.717) is 5.39 Å². The first-order valence-electron chi connectivity index (χ1n) is 7.04. The van der Waals surface area contributed by atoms with Gasteiger partial charge in [0.05, 0.1) is 22.1 Å². The van der Waals surface area contributed by atoms with E-state index in [2.05, 4.69) is 15.4 Å². The Balaban J connectivity index is 2.00. The molecule has 0 unspecified atom stereocenters. The van der Waals surface area contributed by atoms with Crippen molar-refractivity contribution in [3.05, 3.63) is 65.1 Å². The zero-order valence-electron chi connectivity index (χ0n) is 12.0. The molecule has 0 saturated heterocycles. The van der Waals surface area contributed by atoms with Crippen molar-refractivity contribution in [3.8, 4) is 5.69 Å². The molecule has 0 amide bonds. The Hall–Kier alpha value is -3.08. The van der Waals surface area contributed by atoms with E-state index < -0.39 is 0 Å². The highest BCUT2D eigenvalue weighted by atomic mass is 16.1. The van der Waals surface area contributed by atoms with Gasteiger partial charge >= 0.3 is 0 Å². The third-order valence-corrected chi connectivity index (χ3v) is 3.85. The molecule has 2 aromatic heterocycles. The third kappa shape index (κ3) is 1.79. The molecule has 0 aliphatic rings. The quantitative estimate of drug-likeness (QED) is 0.596. The summed E-state index contributed by atoms with van der Waals surface area (Å²) < 4.78 is 1.55. The lowest BCUT2D eigenvalue weighted by Crippen LogP contribution is -2.14. The van der Waals surface area contributed by atoms with E-state index in [9.17, 15) is 4.79 Å². The molecule has 0 aliphatic heterocycles. The molecule has 0 bridgehead atoms. The number of H-pyrrole nitrogens is 1. The first-order chi connectivity index (χ1) is 10.8. The molecule has 2 aromatic carbocycles. The van der Waals surface area contributed by atoms with Crippen LogP contribution in [0.15, 0.2) is 59.5 Å². The van der Waals surface area contributed by atoms with E-state index >= 15 is 0 Å². The van der Waals surface area contributed by atoms with Crippen molar-refractivity contribution >= 4 is 27.5 Å². The van der Waals surface area contributed by atoms with Gasteiger partial charge in [-0.05, 0) is 30.3 Å². The van der Waals surface area contributed by atoms with Gasteiger partial charge in [-0.2, -0.15) is 0 Å². The fourth-order valence-corrected chi connectivity index (χ4v) is 2.67. The number of fused-ring (bicyclic) bond motifs is 3. The minimum Gasteiger partial charge on any atom is -0.388 e. The van der Waals surface area contributed by atoms with E-state index in [1.54, 1.807) is 10.9 Å². The summed E-state index contributed by atoms with van der Waals surface area (Å²) in [5, 5.41) is 7.81. The fraction of sp³-hybridized carbons (Fsp3) is 0.0588. The van der Waals surface area contributed by atoms with E-state index in [1.807, 2.05) is 55.6 Å². The molecule has 5 heteroatoms. The summed E-state index contributed by atoms with van der Waals surface area (Å²) in [7, 11) is 1.86. The van der Waals surface area contributed by atoms with E-state index in [4.69, 9.17) is 0 Å². The largest absolute Gasteiger partial charge is 0.388 e. The van der Waals surface area contributed by atoms with Crippen LogP contribution in [-0.2, 0) is 0 Å². The maximum Gasteiger partial charge on any atom is 0.280 e. The number of rotatable bonds is 2. The van der Waals surface area contributed by atoms with Crippen LogP contribution in [0.1, 0.15) is 0 Å². The monoisotopic (exact) mass is 290 g/mol. The Morgan fingerprint density at radius 3 is 2.59 bits per heavy atom. The molecular formula is C17H14N4O. The Labute approximate surface area is 126 Å². The van der Waals surface area contributed by atoms with E-state index in [0.717, 1.165) is 27.8 Å². The second-order valence-corrected chi connectivity index (χ2v) is 5.11. The lowest BCUT2D eigenvalue weighted by molar-refractivity contribution is 0.865. The SMILES string of the molecule is CNc1ccc(-n2[nH]c3c(cnc4ccccc43)c2=O)cc1. The normalized spacial score (nSPS) is 11.1. The molecule has 2 heterocycles. The van der Waals surface area contributed by atoms with Crippen molar-refractivity contribution in [1.82, 2.24) is 14.8 Å². The van der Waals surface area contributed by atoms with Gasteiger partial charge < -0.3 is 5.32 Å². The molecule has 0 spiro atoms. The molecule has 0 aliphatic carbocycles. The first kappa shape index (κ1) is 12.6. The van der Waals surface area contributed by atoms with Crippen LogP contribution in [0.2, 0.25) is 0 Å². The maximum absolute atomic E-state index is 12.6. The minimum atomic E-state index is -0.0922. The Kier molecular flexibility index (Phi) is 2.72. The lowest BCUT2D eigenvalue weighted by atomic mass is 10.2. The molecule has 0 atom stereocenters. The number of benzene rings is 2. The molecule has 4 rings (SSSR count). The van der Waals surface area contributed by atoms with Crippen LogP contribution in [0.4, 0.5) is 5.69 Å². The predicted molar refractivity (Wildman–Crippen MR) is 88.7 cm³/mol. The highest BCUT2D eigenvalue weighted by Crippen LogP contribution is 2.20. The molecule has 0 radical (unpaired) electrons. The average molecular weight is 290 g/mol. The van der Waals surface area contributed by atoms with E-state index in [-0.39, 0.29) is 5.56 Å². The second kappa shape index (κ2) is 4.73. The van der Waals surface area contributed by atoms with Crippen molar-refractivity contribution in [2.45, 2.75) is 0 Å². The van der Waals surface area contributed by atoms with Gasteiger partial charge in [-0.3, -0.25) is 14.9 Å². The lowest BCUT2D eigenvalue weighted by Gasteiger charge is -2.03. The summed E-state index contributed by atoms with van der Waals surface area (Å²) in [6.07, 6.45) is 1.63. The van der Waals surface area contributed by atoms with Crippen molar-refractivity contribution < 1.29 is 0 Å². The predicted octanol–water partition coefficient (Wildman–Crippen LogP) is 2.91. The molecule has 108 valence electrons. The Morgan fingerprint density at radius 1 is 1.05 bits per heavy atom. The smallest absolute Gasteiger partial charge is 0.280 e. The summed E-state index contributed by atoms with van der Waals surface area (Å²) in [5.41, 5.74) is 3.39. The molecule has 4 aromatic rings. The first-order valence-corrected chi connectivity index (χ1v) is 7.04. The van der Waals surface area contributed by atoms with Crippen LogP contribution in [0.25, 0.3) is 27.5 Å². The van der Waals surface area contributed by atoms with Crippen molar-refractivity contribution in [2.24, 2.45) is 0 Å². The van der Waals surface area contributed by atoms with Crippen LogP contribution in [0.5, 0.6) is 0 Å². The van der Waals surface area contributed by atoms with Crippen LogP contribution in [0, 0.1) is 0 Å². The Morgan fingerprint density at radius 2 is 1.82 bits per heavy atom. The number of pyridine rings is 1. The molecule has 22 heavy (non-hydrogen) atoms. The highest BCUT2D eigenvalue weighted by molar-refractivity contribution is 6.02. The summed E-state index contributed by atoms with van der Waals surface area (Å²) in [6, 6.07) is 15.5. The van der Waals surface area contributed by atoms with Gasteiger partial charge in [0, 0.05) is 24.3 Å². The summed E-state index contributed by atoms with van der Waals surface area (Å²) >= 11 is 0. The summed E-state index contributed by atoms with van der Waals surface area (Å²) in [5.74, 6) is 0. The number of anilines is 1. The number of hydrogen-bond donors (Lipinski definition) is 2. The van der Waals surface area contributed by atoms with Crippen LogP contribution in [-0.4, -0.2) is 21.8 Å². The second-order valence-electron chi connectivity index (χ2n) is 5.11. The molecule has 2 N–H and O–H groups in total. The van der Waals surface area contributed by atoms with Gasteiger partial charge in [-0.15, -0.1) is 0 Å². The topological polar surface area (TPSA) is 62.7 Å². The Bertz CT molecular complexity index is 1030. The minimum absolute atomic E-state index is 0.0922. The number of nitrogens with zero attached hydrogens (tertiary/aromatic N) is 2. The average Bonchev–Trinajstić information content (AvgIpc) is 2.92. The molecule has 0 saturated carbocycles. The zero-order chi connectivity index (χ0) is 15.1. The number of para-hydroxylation sites is 1. The molecule has 5 nitrogen and oxygen atoms in total. The summed E-state index contributed by atoms with van der Waals surface area (Å²) in [4.78, 5) is 17.0. The number of aromatic nitrogens is 3. The summed E-state index contributed by atoms with van der Waals surface area (Å²) in [6.45, 7) is 0. The standard InChI is InChI=1S/C17H14N4O/c1-18-11-6-8-12(9-7-11)21-17(22)14-10-19-15-5-3-2-4-13(15)16(14)20-21/h2-10,18,20H,1H3. The van der Waals surface area contributed by atoms with Gasteiger partial charge in [0.1, 0.15) is 0 Å². The van der Waals surface area contributed by atoms with Gasteiger partial charge in [-0.1, -0.05) is 18.2 Å². The third-order valence-electron chi connectivity index (χ3n) is 3.85. The van der Waals surface area contributed by atoms with Crippen LogP contribution >= 0.6 is 0 Å². The van der Waals surface area contributed by atoms with Crippen molar-refractivity contribution in [1.29, 1.82) is 0 Å². The number of hydrogen-bond acceptors (Lipinski definition) is 3. The van der Waals surface area contributed by atoms with Crippen LogP contribution < -0.4 is 10.9 Å². The highest BCUT2D eigenvalue weighted by Gasteiger charge is 2.11. The maximum atomic E-state index is 12.6. The van der Waals surface area contributed by atoms with Gasteiger partial charge in [0.25, 0.3) is 5.56 Å². The fourth-order valence-electron chi connectivity index (χ4n) is 2.67. The van der Waals surface area contributed by atoms with Gasteiger partial charge in [0.15, 0.2) is 0 Å². The van der Waals surface area contributed by atoms with Crippen molar-refractivity contribution in [2.75, 3.05) is 12.4 Å². The van der Waals surface area contributed by atoms with Crippen LogP contribution in [0.3, 0.4) is 0 Å². The number of nitrogens with one attached hydrogen (secondary N) is 2. The molecule has 0 fully saturated rings. The zero-order valence-corrected chi connectivity index (χ0v) is 12.0. The number of aromatic amines is 1.